The standard InChI is InChI=1S/C15H17F2N3/c1-20(2)14-6-7-18-10-13(14)19-9-11-4-3-5-12(8-11)15(16)17/h3-8,10,15,19H,9H2,1-2H3. The molecule has 3 nitrogen and oxygen atoms in total. The minimum atomic E-state index is -2.44. The number of rotatable bonds is 5. The minimum absolute atomic E-state index is 0.0447. The summed E-state index contributed by atoms with van der Waals surface area (Å²) in [7, 11) is 3.88. The van der Waals surface area contributed by atoms with E-state index in [0.29, 0.717) is 6.54 Å². The third-order valence-electron chi connectivity index (χ3n) is 2.97. The van der Waals surface area contributed by atoms with Gasteiger partial charge in [-0.2, -0.15) is 0 Å². The molecule has 0 bridgehead atoms. The van der Waals surface area contributed by atoms with Crippen molar-refractivity contribution in [2.75, 3.05) is 24.3 Å². The highest BCUT2D eigenvalue weighted by molar-refractivity contribution is 5.68. The predicted octanol–water partition coefficient (Wildman–Crippen LogP) is 3.70. The van der Waals surface area contributed by atoms with Gasteiger partial charge in [-0.05, 0) is 17.7 Å². The van der Waals surface area contributed by atoms with Gasteiger partial charge in [0.05, 0.1) is 17.6 Å². The molecule has 0 fully saturated rings. The summed E-state index contributed by atoms with van der Waals surface area (Å²) in [4.78, 5) is 6.05. The fourth-order valence-corrected chi connectivity index (χ4v) is 1.95. The number of aromatic nitrogens is 1. The van der Waals surface area contributed by atoms with Crippen molar-refractivity contribution in [1.82, 2.24) is 4.98 Å². The average molecular weight is 277 g/mol. The molecule has 2 rings (SSSR count). The van der Waals surface area contributed by atoms with Crippen LogP contribution in [0.3, 0.4) is 0 Å². The van der Waals surface area contributed by atoms with E-state index >= 15 is 0 Å². The number of nitrogens with zero attached hydrogens (tertiary/aromatic N) is 2. The molecule has 20 heavy (non-hydrogen) atoms. The lowest BCUT2D eigenvalue weighted by molar-refractivity contribution is 0.151. The van der Waals surface area contributed by atoms with Crippen LogP contribution in [0.5, 0.6) is 0 Å². The molecule has 5 heteroatoms. The highest BCUT2D eigenvalue weighted by atomic mass is 19.3. The Kier molecular flexibility index (Phi) is 4.50. The summed E-state index contributed by atoms with van der Waals surface area (Å²) in [6, 6.07) is 8.32. The third-order valence-corrected chi connectivity index (χ3v) is 2.97. The predicted molar refractivity (Wildman–Crippen MR) is 77.3 cm³/mol. The van der Waals surface area contributed by atoms with Crippen LogP contribution in [0.4, 0.5) is 20.2 Å². The molecule has 0 saturated heterocycles. The van der Waals surface area contributed by atoms with Gasteiger partial charge in [-0.25, -0.2) is 8.78 Å². The normalized spacial score (nSPS) is 10.7. The fourth-order valence-electron chi connectivity index (χ4n) is 1.95. The first-order valence-electron chi connectivity index (χ1n) is 6.30. The Morgan fingerprint density at radius 2 is 2.05 bits per heavy atom. The molecule has 1 N–H and O–H groups in total. The lowest BCUT2D eigenvalue weighted by Gasteiger charge is -2.18. The number of nitrogens with one attached hydrogen (secondary N) is 1. The summed E-state index contributed by atoms with van der Waals surface area (Å²) < 4.78 is 25.3. The molecule has 106 valence electrons. The maximum Gasteiger partial charge on any atom is 0.263 e. The van der Waals surface area contributed by atoms with Gasteiger partial charge < -0.3 is 10.2 Å². The molecule has 0 amide bonds. The van der Waals surface area contributed by atoms with Gasteiger partial charge in [0.15, 0.2) is 0 Å². The van der Waals surface area contributed by atoms with E-state index in [0.717, 1.165) is 16.9 Å². The highest BCUT2D eigenvalue weighted by Gasteiger charge is 2.08. The molecule has 0 radical (unpaired) electrons. The SMILES string of the molecule is CN(C)c1ccncc1NCc1cccc(C(F)F)c1. The van der Waals surface area contributed by atoms with Gasteiger partial charge in [0, 0.05) is 32.4 Å². The maximum absolute atomic E-state index is 12.6. The van der Waals surface area contributed by atoms with Crippen LogP contribution < -0.4 is 10.2 Å². The van der Waals surface area contributed by atoms with Crippen LogP contribution in [-0.2, 0) is 6.54 Å². The first kappa shape index (κ1) is 14.2. The second kappa shape index (κ2) is 6.32. The molecule has 0 spiro atoms. The van der Waals surface area contributed by atoms with E-state index in [9.17, 15) is 8.78 Å². The van der Waals surface area contributed by atoms with Gasteiger partial charge in [0.25, 0.3) is 6.43 Å². The van der Waals surface area contributed by atoms with Crippen molar-refractivity contribution in [3.05, 3.63) is 53.9 Å². The van der Waals surface area contributed by atoms with Crippen molar-refractivity contribution in [2.24, 2.45) is 0 Å². The number of benzene rings is 1. The van der Waals surface area contributed by atoms with Gasteiger partial charge in [0.2, 0.25) is 0 Å². The number of halogens is 2. The Morgan fingerprint density at radius 3 is 2.75 bits per heavy atom. The number of alkyl halides is 2. The van der Waals surface area contributed by atoms with Crippen molar-refractivity contribution >= 4 is 11.4 Å². The molecular weight excluding hydrogens is 260 g/mol. The zero-order valence-corrected chi connectivity index (χ0v) is 11.5. The first-order chi connectivity index (χ1) is 9.58. The molecule has 0 unspecified atom stereocenters. The number of hydrogen-bond acceptors (Lipinski definition) is 3. The van der Waals surface area contributed by atoms with E-state index < -0.39 is 6.43 Å². The first-order valence-corrected chi connectivity index (χ1v) is 6.30. The Labute approximate surface area is 117 Å². The summed E-state index contributed by atoms with van der Waals surface area (Å²) in [5.74, 6) is 0. The second-order valence-electron chi connectivity index (χ2n) is 4.69. The molecule has 2 aromatic rings. The third kappa shape index (κ3) is 3.44. The lowest BCUT2D eigenvalue weighted by atomic mass is 10.1. The molecule has 0 aliphatic carbocycles. The van der Waals surface area contributed by atoms with Crippen molar-refractivity contribution < 1.29 is 8.78 Å². The minimum Gasteiger partial charge on any atom is -0.378 e. The molecule has 0 saturated carbocycles. The summed E-state index contributed by atoms with van der Waals surface area (Å²) in [6.45, 7) is 0.479. The van der Waals surface area contributed by atoms with Gasteiger partial charge in [-0.1, -0.05) is 18.2 Å². The van der Waals surface area contributed by atoms with Gasteiger partial charge in [-0.15, -0.1) is 0 Å². The monoisotopic (exact) mass is 277 g/mol. The molecular formula is C15H17F2N3. The summed E-state index contributed by atoms with van der Waals surface area (Å²) in [5, 5.41) is 3.23. The number of anilines is 2. The maximum atomic E-state index is 12.6. The zero-order chi connectivity index (χ0) is 14.5. The Balaban J connectivity index is 2.11. The van der Waals surface area contributed by atoms with Crippen molar-refractivity contribution in [3.8, 4) is 0 Å². The molecule has 1 heterocycles. The lowest BCUT2D eigenvalue weighted by Crippen LogP contribution is -2.12. The highest BCUT2D eigenvalue weighted by Crippen LogP contribution is 2.24. The molecule has 1 aromatic heterocycles. The van der Waals surface area contributed by atoms with Gasteiger partial charge in [0.1, 0.15) is 0 Å². The Bertz CT molecular complexity index is 571. The van der Waals surface area contributed by atoms with Crippen LogP contribution in [0.1, 0.15) is 17.6 Å². The quantitative estimate of drug-likeness (QED) is 0.903. The van der Waals surface area contributed by atoms with Crippen LogP contribution in [0.2, 0.25) is 0 Å². The van der Waals surface area contributed by atoms with E-state index in [-0.39, 0.29) is 5.56 Å². The number of pyridine rings is 1. The van der Waals surface area contributed by atoms with Crippen molar-refractivity contribution in [1.29, 1.82) is 0 Å². The summed E-state index contributed by atoms with van der Waals surface area (Å²) in [6.07, 6.45) is 1.01. The second-order valence-corrected chi connectivity index (χ2v) is 4.69. The van der Waals surface area contributed by atoms with Crippen LogP contribution in [0.25, 0.3) is 0 Å². The van der Waals surface area contributed by atoms with Crippen molar-refractivity contribution in [3.63, 3.8) is 0 Å². The van der Waals surface area contributed by atoms with Crippen molar-refractivity contribution in [2.45, 2.75) is 13.0 Å². The molecule has 0 aliphatic rings. The number of hydrogen-bond donors (Lipinski definition) is 1. The van der Waals surface area contributed by atoms with Gasteiger partial charge >= 0.3 is 0 Å². The molecule has 0 atom stereocenters. The molecule has 0 aliphatic heterocycles. The van der Waals surface area contributed by atoms with E-state index in [4.69, 9.17) is 0 Å². The topological polar surface area (TPSA) is 28.2 Å². The van der Waals surface area contributed by atoms with E-state index in [1.54, 1.807) is 18.5 Å². The van der Waals surface area contributed by atoms with Crippen LogP contribution >= 0.6 is 0 Å². The van der Waals surface area contributed by atoms with E-state index in [1.165, 1.54) is 12.1 Å². The fraction of sp³-hybridized carbons (Fsp3) is 0.267. The van der Waals surface area contributed by atoms with Crippen LogP contribution in [0.15, 0.2) is 42.7 Å². The summed E-state index contributed by atoms with van der Waals surface area (Å²) >= 11 is 0. The van der Waals surface area contributed by atoms with E-state index in [2.05, 4.69) is 10.3 Å². The van der Waals surface area contributed by atoms with Gasteiger partial charge in [-0.3, -0.25) is 4.98 Å². The summed E-state index contributed by atoms with van der Waals surface area (Å²) in [5.41, 5.74) is 2.74. The smallest absolute Gasteiger partial charge is 0.263 e. The average Bonchev–Trinajstić information content (AvgIpc) is 2.45. The Morgan fingerprint density at radius 1 is 1.25 bits per heavy atom. The van der Waals surface area contributed by atoms with Crippen LogP contribution in [-0.4, -0.2) is 19.1 Å². The molecule has 1 aromatic carbocycles. The zero-order valence-electron chi connectivity index (χ0n) is 11.5. The Hall–Kier alpha value is -2.17. The van der Waals surface area contributed by atoms with E-state index in [1.807, 2.05) is 31.1 Å². The largest absolute Gasteiger partial charge is 0.378 e. The van der Waals surface area contributed by atoms with Crippen LogP contribution in [0, 0.1) is 0 Å².